The molecule has 0 aliphatic heterocycles. The molecule has 0 aromatic carbocycles. The van der Waals surface area contributed by atoms with Gasteiger partial charge in [-0.3, -0.25) is 23.5 Å². The molecule has 10 heteroatoms. The predicted molar refractivity (Wildman–Crippen MR) is 108 cm³/mol. The minimum Gasteiger partial charge on any atom is -0.454 e. The number of fused-ring (bicyclic) bond motifs is 1. The van der Waals surface area contributed by atoms with Crippen molar-refractivity contribution in [1.29, 1.82) is 0 Å². The van der Waals surface area contributed by atoms with E-state index in [4.69, 9.17) is 4.74 Å². The second-order valence-electron chi connectivity index (χ2n) is 7.23. The maximum absolute atomic E-state index is 12.6. The van der Waals surface area contributed by atoms with Crippen LogP contribution in [0.2, 0.25) is 0 Å². The predicted octanol–water partition coefficient (Wildman–Crippen LogP) is 0.403. The van der Waals surface area contributed by atoms with E-state index in [-0.39, 0.29) is 42.3 Å². The van der Waals surface area contributed by atoms with Crippen LogP contribution in [0, 0.1) is 0 Å². The molecule has 2 atom stereocenters. The van der Waals surface area contributed by atoms with Crippen molar-refractivity contribution >= 4 is 23.0 Å². The molecule has 10 nitrogen and oxygen atoms in total. The molecule has 2 heterocycles. The van der Waals surface area contributed by atoms with Crippen LogP contribution in [0.15, 0.2) is 15.9 Å². The van der Waals surface area contributed by atoms with E-state index in [2.05, 4.69) is 4.98 Å². The van der Waals surface area contributed by atoms with Gasteiger partial charge < -0.3 is 14.2 Å². The van der Waals surface area contributed by atoms with Gasteiger partial charge >= 0.3 is 11.7 Å². The molecule has 2 aromatic rings. The average molecular weight is 407 g/mol. The van der Waals surface area contributed by atoms with Crippen molar-refractivity contribution < 1.29 is 14.3 Å². The lowest BCUT2D eigenvalue weighted by Crippen LogP contribution is -2.46. The lowest BCUT2D eigenvalue weighted by molar-refractivity contribution is -0.154. The second kappa shape index (κ2) is 9.06. The highest BCUT2D eigenvalue weighted by molar-refractivity contribution is 5.81. The summed E-state index contributed by atoms with van der Waals surface area (Å²) >= 11 is 0. The minimum absolute atomic E-state index is 0.0399. The molecule has 0 N–H and O–H groups in total. The molecular weight excluding hydrogens is 378 g/mol. The molecular formula is C19H29N5O5. The zero-order chi connectivity index (χ0) is 21.9. The van der Waals surface area contributed by atoms with E-state index in [1.807, 2.05) is 27.7 Å². The van der Waals surface area contributed by atoms with Crippen molar-refractivity contribution in [3.63, 3.8) is 0 Å². The number of amides is 1. The molecule has 0 aliphatic rings. The third-order valence-corrected chi connectivity index (χ3v) is 5.29. The molecule has 0 aliphatic carbocycles. The largest absolute Gasteiger partial charge is 0.454 e. The SMILES string of the molecule is CC[C@@H](C)N(C(=O)COC(=O)Cn1cnc2c1c(=O)n(C)c(=O)n2C)[C@H](C)CC. The van der Waals surface area contributed by atoms with Crippen LogP contribution >= 0.6 is 0 Å². The first-order chi connectivity index (χ1) is 13.6. The molecule has 2 aromatic heterocycles. The van der Waals surface area contributed by atoms with Gasteiger partial charge in [0, 0.05) is 26.2 Å². The van der Waals surface area contributed by atoms with Crippen molar-refractivity contribution in [3.8, 4) is 0 Å². The minimum atomic E-state index is -0.665. The number of ether oxygens (including phenoxy) is 1. The smallest absolute Gasteiger partial charge is 0.332 e. The Kier molecular flexibility index (Phi) is 6.99. The molecule has 0 saturated heterocycles. The van der Waals surface area contributed by atoms with Crippen LogP contribution in [0.5, 0.6) is 0 Å². The summed E-state index contributed by atoms with van der Waals surface area (Å²) in [6.45, 7) is 7.27. The van der Waals surface area contributed by atoms with Gasteiger partial charge in [0.15, 0.2) is 17.8 Å². The summed E-state index contributed by atoms with van der Waals surface area (Å²) in [5, 5.41) is 0. The Balaban J connectivity index is 2.15. The summed E-state index contributed by atoms with van der Waals surface area (Å²) in [5.41, 5.74) is -0.749. The van der Waals surface area contributed by atoms with Gasteiger partial charge in [0.2, 0.25) is 0 Å². The van der Waals surface area contributed by atoms with Crippen LogP contribution in [-0.4, -0.2) is 54.2 Å². The van der Waals surface area contributed by atoms with Crippen LogP contribution in [0.1, 0.15) is 40.5 Å². The zero-order valence-electron chi connectivity index (χ0n) is 17.8. The number of imidazole rings is 1. The van der Waals surface area contributed by atoms with Gasteiger partial charge in [0.1, 0.15) is 6.54 Å². The topological polar surface area (TPSA) is 108 Å². The van der Waals surface area contributed by atoms with E-state index in [9.17, 15) is 19.2 Å². The van der Waals surface area contributed by atoms with Gasteiger partial charge in [0.05, 0.1) is 6.33 Å². The van der Waals surface area contributed by atoms with Gasteiger partial charge in [-0.2, -0.15) is 0 Å². The number of rotatable bonds is 8. The Hall–Kier alpha value is -2.91. The fourth-order valence-electron chi connectivity index (χ4n) is 3.24. The summed E-state index contributed by atoms with van der Waals surface area (Å²) in [6, 6.07) is 0.0797. The Morgan fingerprint density at radius 3 is 2.24 bits per heavy atom. The molecule has 2 rings (SSSR count). The van der Waals surface area contributed by atoms with Crippen LogP contribution in [0.25, 0.3) is 11.2 Å². The molecule has 0 fully saturated rings. The standard InChI is InChI=1S/C19H29N5O5/c1-7-12(3)24(13(4)8-2)14(25)10-29-15(26)9-23-11-20-17-16(23)18(27)22(6)19(28)21(17)5/h11-13H,7-10H2,1-6H3/t12-,13-/m1/s1. The molecule has 160 valence electrons. The van der Waals surface area contributed by atoms with Crippen LogP contribution in [-0.2, 0) is 35.0 Å². The molecule has 0 saturated carbocycles. The lowest BCUT2D eigenvalue weighted by Gasteiger charge is -2.33. The van der Waals surface area contributed by atoms with Crippen LogP contribution < -0.4 is 11.2 Å². The number of hydrogen-bond donors (Lipinski definition) is 0. The van der Waals surface area contributed by atoms with E-state index >= 15 is 0 Å². The molecule has 0 unspecified atom stereocenters. The number of carbonyl (C=O) groups is 2. The third-order valence-electron chi connectivity index (χ3n) is 5.29. The van der Waals surface area contributed by atoms with E-state index < -0.39 is 17.2 Å². The first kappa shape index (κ1) is 22.4. The average Bonchev–Trinajstić information content (AvgIpc) is 3.12. The van der Waals surface area contributed by atoms with Gasteiger partial charge in [-0.05, 0) is 26.7 Å². The third kappa shape index (κ3) is 4.41. The van der Waals surface area contributed by atoms with Gasteiger partial charge in [-0.25, -0.2) is 9.78 Å². The second-order valence-corrected chi connectivity index (χ2v) is 7.23. The van der Waals surface area contributed by atoms with Gasteiger partial charge in [-0.15, -0.1) is 0 Å². The Morgan fingerprint density at radius 2 is 1.69 bits per heavy atom. The first-order valence-electron chi connectivity index (χ1n) is 9.71. The van der Waals surface area contributed by atoms with E-state index in [1.54, 1.807) is 4.90 Å². The van der Waals surface area contributed by atoms with Crippen molar-refractivity contribution in [2.45, 2.75) is 59.2 Å². The highest BCUT2D eigenvalue weighted by atomic mass is 16.5. The quantitative estimate of drug-likeness (QED) is 0.586. The summed E-state index contributed by atoms with van der Waals surface area (Å²) < 4.78 is 8.67. The Labute approximate surface area is 168 Å². The molecule has 1 amide bonds. The maximum Gasteiger partial charge on any atom is 0.332 e. The molecule has 0 radical (unpaired) electrons. The monoisotopic (exact) mass is 407 g/mol. The number of nitrogens with zero attached hydrogens (tertiary/aromatic N) is 5. The Morgan fingerprint density at radius 1 is 1.10 bits per heavy atom. The highest BCUT2D eigenvalue weighted by Crippen LogP contribution is 2.12. The summed E-state index contributed by atoms with van der Waals surface area (Å²) in [7, 11) is 2.85. The molecule has 29 heavy (non-hydrogen) atoms. The van der Waals surface area contributed by atoms with E-state index in [0.29, 0.717) is 0 Å². The number of aromatic nitrogens is 4. The number of carbonyl (C=O) groups excluding carboxylic acids is 2. The zero-order valence-corrected chi connectivity index (χ0v) is 17.8. The van der Waals surface area contributed by atoms with Crippen molar-refractivity contribution in [3.05, 3.63) is 27.2 Å². The maximum atomic E-state index is 12.6. The van der Waals surface area contributed by atoms with Crippen LogP contribution in [0.4, 0.5) is 0 Å². The molecule has 0 bridgehead atoms. The fourth-order valence-corrected chi connectivity index (χ4v) is 3.24. The number of esters is 1. The van der Waals surface area contributed by atoms with Crippen LogP contribution in [0.3, 0.4) is 0 Å². The van der Waals surface area contributed by atoms with Crippen molar-refractivity contribution in [2.75, 3.05) is 6.61 Å². The van der Waals surface area contributed by atoms with Crippen molar-refractivity contribution in [2.24, 2.45) is 14.1 Å². The number of aryl methyl sites for hydroxylation is 1. The first-order valence-corrected chi connectivity index (χ1v) is 9.71. The fraction of sp³-hybridized carbons (Fsp3) is 0.632. The summed E-state index contributed by atoms with van der Waals surface area (Å²) in [5.74, 6) is -0.919. The van der Waals surface area contributed by atoms with Gasteiger partial charge in [0.25, 0.3) is 11.5 Å². The Bertz CT molecular complexity index is 1010. The number of hydrogen-bond acceptors (Lipinski definition) is 6. The highest BCUT2D eigenvalue weighted by Gasteiger charge is 2.24. The summed E-state index contributed by atoms with van der Waals surface area (Å²) in [4.78, 5) is 55.1. The van der Waals surface area contributed by atoms with Crippen molar-refractivity contribution in [1.82, 2.24) is 23.6 Å². The van der Waals surface area contributed by atoms with E-state index in [1.165, 1.54) is 29.6 Å². The lowest BCUT2D eigenvalue weighted by atomic mass is 10.1. The molecule has 0 spiro atoms. The van der Waals surface area contributed by atoms with Gasteiger partial charge in [-0.1, -0.05) is 13.8 Å². The summed E-state index contributed by atoms with van der Waals surface area (Å²) in [6.07, 6.45) is 2.90. The van der Waals surface area contributed by atoms with E-state index in [0.717, 1.165) is 17.4 Å². The normalized spacial score (nSPS) is 13.3.